The molecule has 0 amide bonds. The lowest BCUT2D eigenvalue weighted by Gasteiger charge is -2.56. The first kappa shape index (κ1) is 81.8. The standard InChI is InChI=1S/C78H138O9Si6/c1-58(54-62(83-88(22,23)73(4,5)6)46-43-52-79-57-61-44-35-32-36-45-61)55-67-72(87-92(30,31)77(16,17)18)70(85-90(26,27)75(10,11)12)60(3)69(82-67)71(86-91(28,29)76(13,14)15)68-56-66(84-89(24,25)74(7,8)9)59(2)65(81-68)51-41-42-53-80-93(78(19,20)21,63-47-37-33-38-48-63)64-49-39-34-40-50-64/h32-40,43-50,59-60,62,65-72H,1,41-42,51-57H2,2-31H3/b46-43+/t59-,60-,62+,65+,66-,67+,68+,69+,70+,71+,72+/m0/s1. The Balaban J connectivity index is 1.65. The van der Waals surface area contributed by atoms with Gasteiger partial charge >= 0.3 is 0 Å². The highest BCUT2D eigenvalue weighted by molar-refractivity contribution is 6.99. The molecule has 5 rings (SSSR count). The molecule has 0 unspecified atom stereocenters. The van der Waals surface area contributed by atoms with Crippen molar-refractivity contribution in [3.63, 3.8) is 0 Å². The fraction of sp³-hybridized carbons (Fsp3) is 0.718. The zero-order valence-electron chi connectivity index (χ0n) is 64.9. The van der Waals surface area contributed by atoms with Crippen LogP contribution in [-0.4, -0.2) is 118 Å². The third kappa shape index (κ3) is 21.1. The molecule has 2 heterocycles. The molecule has 0 spiro atoms. The summed E-state index contributed by atoms with van der Waals surface area (Å²) in [4.78, 5) is 0. The predicted molar refractivity (Wildman–Crippen MR) is 412 cm³/mol. The molecular formula is C78H138O9Si6. The van der Waals surface area contributed by atoms with Crippen LogP contribution in [0.25, 0.3) is 0 Å². The van der Waals surface area contributed by atoms with E-state index in [1.807, 2.05) is 6.07 Å². The first-order chi connectivity index (χ1) is 42.4. The van der Waals surface area contributed by atoms with Gasteiger partial charge in [0, 0.05) is 24.9 Å². The summed E-state index contributed by atoms with van der Waals surface area (Å²) in [6.07, 6.45) is 6.38. The quantitative estimate of drug-likeness (QED) is 0.0383. The molecule has 0 radical (unpaired) electrons. The van der Waals surface area contributed by atoms with Crippen LogP contribution in [0.15, 0.2) is 115 Å². The number of unbranched alkanes of at least 4 members (excludes halogenated alkanes) is 1. The van der Waals surface area contributed by atoms with E-state index in [4.69, 9.17) is 47.3 Å². The minimum Gasteiger partial charge on any atom is -0.413 e. The largest absolute Gasteiger partial charge is 0.413 e. The Morgan fingerprint density at radius 1 is 0.527 bits per heavy atom. The fourth-order valence-electron chi connectivity index (χ4n) is 12.0. The minimum atomic E-state index is -2.72. The van der Waals surface area contributed by atoms with E-state index in [9.17, 15) is 0 Å². The second-order valence-corrected chi connectivity index (χ2v) is 64.8. The van der Waals surface area contributed by atoms with Gasteiger partial charge in [-0.05, 0) is 144 Å². The Bertz CT molecular complexity index is 2740. The molecule has 9 nitrogen and oxygen atoms in total. The van der Waals surface area contributed by atoms with Crippen LogP contribution in [0.5, 0.6) is 0 Å². The van der Waals surface area contributed by atoms with Crippen molar-refractivity contribution >= 4 is 60.3 Å². The summed E-state index contributed by atoms with van der Waals surface area (Å²) >= 11 is 0. The van der Waals surface area contributed by atoms with Crippen LogP contribution < -0.4 is 10.4 Å². The molecule has 93 heavy (non-hydrogen) atoms. The lowest BCUT2D eigenvalue weighted by atomic mass is 9.80. The average molecular weight is 1390 g/mol. The van der Waals surface area contributed by atoms with E-state index in [0.717, 1.165) is 30.4 Å². The first-order valence-electron chi connectivity index (χ1n) is 35.8. The van der Waals surface area contributed by atoms with Crippen molar-refractivity contribution in [1.82, 2.24) is 0 Å². The predicted octanol–water partition coefficient (Wildman–Crippen LogP) is 21.0. The van der Waals surface area contributed by atoms with Crippen LogP contribution in [0.1, 0.15) is 183 Å². The summed E-state index contributed by atoms with van der Waals surface area (Å²) in [7, 11) is -14.8. The van der Waals surface area contributed by atoms with Gasteiger partial charge in [-0.15, -0.1) is 0 Å². The summed E-state index contributed by atoms with van der Waals surface area (Å²) in [6, 6.07) is 32.5. The van der Waals surface area contributed by atoms with E-state index in [-0.39, 0.29) is 78.7 Å². The fourth-order valence-corrected chi connectivity index (χ4v) is 23.3. The van der Waals surface area contributed by atoms with Gasteiger partial charge in [0.1, 0.15) is 0 Å². The van der Waals surface area contributed by atoms with Gasteiger partial charge in [-0.2, -0.15) is 0 Å². The second kappa shape index (κ2) is 31.7. The molecule has 0 aliphatic carbocycles. The maximum absolute atomic E-state index is 8.11. The summed E-state index contributed by atoms with van der Waals surface area (Å²) in [5, 5.41) is 2.27. The smallest absolute Gasteiger partial charge is 0.261 e. The molecular weight excluding hydrogens is 1250 g/mol. The van der Waals surface area contributed by atoms with Crippen LogP contribution in [0, 0.1) is 11.8 Å². The van der Waals surface area contributed by atoms with Crippen LogP contribution in [-0.2, 0) is 47.4 Å². The number of ether oxygens (including phenoxy) is 3. The van der Waals surface area contributed by atoms with Gasteiger partial charge in [0.15, 0.2) is 41.6 Å². The number of hydrogen-bond acceptors (Lipinski definition) is 9. The molecule has 11 atom stereocenters. The molecule has 0 saturated carbocycles. The highest BCUT2D eigenvalue weighted by Gasteiger charge is 2.58. The average Bonchev–Trinajstić information content (AvgIpc) is 0.755. The molecule has 0 bridgehead atoms. The van der Waals surface area contributed by atoms with Crippen molar-refractivity contribution in [2.75, 3.05) is 13.2 Å². The zero-order valence-corrected chi connectivity index (χ0v) is 70.9. The summed E-state index contributed by atoms with van der Waals surface area (Å²) in [5.74, 6) is 0.00621. The van der Waals surface area contributed by atoms with Gasteiger partial charge in [0.25, 0.3) is 8.32 Å². The zero-order chi connectivity index (χ0) is 70.4. The Hall–Kier alpha value is -1.92. The lowest BCUT2D eigenvalue weighted by molar-refractivity contribution is -0.240. The van der Waals surface area contributed by atoms with Crippen molar-refractivity contribution < 1.29 is 40.8 Å². The number of hydrogen-bond donors (Lipinski definition) is 0. The van der Waals surface area contributed by atoms with Crippen molar-refractivity contribution in [3.05, 3.63) is 121 Å². The highest BCUT2D eigenvalue weighted by atomic mass is 28.4. The van der Waals surface area contributed by atoms with E-state index in [1.165, 1.54) is 10.4 Å². The topological polar surface area (TPSA) is 83.1 Å². The van der Waals surface area contributed by atoms with Crippen molar-refractivity contribution in [3.8, 4) is 0 Å². The van der Waals surface area contributed by atoms with Crippen molar-refractivity contribution in [2.24, 2.45) is 11.8 Å². The van der Waals surface area contributed by atoms with Crippen LogP contribution in [0.2, 0.25) is 95.7 Å². The maximum Gasteiger partial charge on any atom is 0.261 e. The maximum atomic E-state index is 8.11. The summed E-state index contributed by atoms with van der Waals surface area (Å²) < 4.78 is 68.8. The van der Waals surface area contributed by atoms with E-state index in [1.54, 1.807) is 0 Å². The molecule has 2 saturated heterocycles. The van der Waals surface area contributed by atoms with Crippen LogP contribution in [0.4, 0.5) is 0 Å². The van der Waals surface area contributed by atoms with Gasteiger partial charge in [-0.3, -0.25) is 0 Å². The highest BCUT2D eigenvalue weighted by Crippen LogP contribution is 2.50. The van der Waals surface area contributed by atoms with E-state index < -0.39 is 68.2 Å². The lowest BCUT2D eigenvalue weighted by Crippen LogP contribution is -2.67. The van der Waals surface area contributed by atoms with E-state index >= 15 is 0 Å². The second-order valence-electron chi connectivity index (χ2n) is 36.8. The third-order valence-electron chi connectivity index (χ3n) is 23.2. The number of rotatable bonds is 29. The monoisotopic (exact) mass is 1390 g/mol. The molecule has 528 valence electrons. The molecule has 3 aromatic carbocycles. The van der Waals surface area contributed by atoms with Crippen molar-refractivity contribution in [2.45, 2.75) is 334 Å². The molecule has 2 fully saturated rings. The van der Waals surface area contributed by atoms with Gasteiger partial charge < -0.3 is 40.8 Å². The van der Waals surface area contributed by atoms with Crippen molar-refractivity contribution in [1.29, 1.82) is 0 Å². The first-order valence-corrected chi connectivity index (χ1v) is 52.2. The third-order valence-corrected chi connectivity index (χ3v) is 50.7. The number of benzene rings is 3. The Labute approximate surface area is 577 Å². The van der Waals surface area contributed by atoms with E-state index in [0.29, 0.717) is 39.1 Å². The van der Waals surface area contributed by atoms with Crippen LogP contribution in [0.3, 0.4) is 0 Å². The summed E-state index contributed by atoms with van der Waals surface area (Å²) in [6.45, 7) is 77.7. The molecule has 2 aliphatic rings. The summed E-state index contributed by atoms with van der Waals surface area (Å²) in [5.41, 5.74) is 2.22. The Morgan fingerprint density at radius 3 is 1.45 bits per heavy atom. The molecule has 0 N–H and O–H groups in total. The normalized spacial score (nSPS) is 23.9. The molecule has 3 aromatic rings. The Kier molecular flexibility index (Phi) is 27.9. The minimum absolute atomic E-state index is 0.00238. The van der Waals surface area contributed by atoms with Gasteiger partial charge in [0.2, 0.25) is 0 Å². The SMILES string of the molecule is C=C(C[C@@H](/C=C/COCc1ccccc1)O[Si](C)(C)C(C)(C)C)C[C@H]1O[C@@H]([C@H](O[Si](C)(C)C(C)(C)C)[C@H]2C[C@H](O[Si](C)(C)C(C)(C)C)[C@@H](C)[C@@H](CCCCO[Si](c3ccccc3)(c3ccccc3)C(C)(C)C)O2)[C@H](C)[C@@H](O[Si](C)(C)C(C)(C)C)[C@@H]1O[Si](C)(C)C(C)(C)C. The molecule has 2 aliphatic heterocycles. The van der Waals surface area contributed by atoms with Gasteiger partial charge in [-0.1, -0.05) is 254 Å². The van der Waals surface area contributed by atoms with Crippen LogP contribution >= 0.6 is 0 Å². The Morgan fingerprint density at radius 2 is 0.978 bits per heavy atom. The van der Waals surface area contributed by atoms with Gasteiger partial charge in [-0.25, -0.2) is 0 Å². The van der Waals surface area contributed by atoms with E-state index in [2.05, 4.69) is 301 Å². The van der Waals surface area contributed by atoms with Gasteiger partial charge in [0.05, 0.1) is 68.1 Å². The molecule has 0 aromatic heterocycles. The molecule has 15 heteroatoms.